The fourth-order valence-corrected chi connectivity index (χ4v) is 2.51. The first-order valence-electron chi connectivity index (χ1n) is 8.49. The number of nitriles is 1. The van der Waals surface area contributed by atoms with Crippen molar-refractivity contribution in [3.05, 3.63) is 69.3 Å². The van der Waals surface area contributed by atoms with Crippen molar-refractivity contribution in [2.75, 3.05) is 18.1 Å². The van der Waals surface area contributed by atoms with E-state index < -0.39 is 23.4 Å². The van der Waals surface area contributed by atoms with E-state index in [-0.39, 0.29) is 24.2 Å². The van der Waals surface area contributed by atoms with Crippen LogP contribution < -0.4 is 4.90 Å². The van der Waals surface area contributed by atoms with Gasteiger partial charge in [0.1, 0.15) is 0 Å². The van der Waals surface area contributed by atoms with E-state index in [9.17, 15) is 19.7 Å². The largest absolute Gasteiger partial charge is 0.452 e. The summed E-state index contributed by atoms with van der Waals surface area (Å²) in [5, 5.41) is 19.8. The summed E-state index contributed by atoms with van der Waals surface area (Å²) in [6.45, 7) is 3.09. The molecule has 0 unspecified atom stereocenters. The lowest BCUT2D eigenvalue weighted by molar-refractivity contribution is -0.385. The Morgan fingerprint density at radius 2 is 1.86 bits per heavy atom. The third kappa shape index (κ3) is 5.14. The lowest BCUT2D eigenvalue weighted by Crippen LogP contribution is -2.35. The number of benzene rings is 2. The van der Waals surface area contributed by atoms with E-state index in [4.69, 9.17) is 10.00 Å². The molecule has 0 aromatic heterocycles. The summed E-state index contributed by atoms with van der Waals surface area (Å²) in [7, 11) is 0. The lowest BCUT2D eigenvalue weighted by Gasteiger charge is -2.21. The standard InChI is InChI=1S/C20H19N3O5/c1-14-4-8-17(9-5-14)22(11-3-10-21)19(24)13-28-20(25)16-7-6-15(2)18(12-16)23(26)27/h4-9,12H,3,11,13H2,1-2H3. The van der Waals surface area contributed by atoms with Crippen LogP contribution in [0.15, 0.2) is 42.5 Å². The molecule has 0 aliphatic heterocycles. The number of carbonyl (C=O) groups excluding carboxylic acids is 2. The molecule has 144 valence electrons. The molecule has 28 heavy (non-hydrogen) atoms. The van der Waals surface area contributed by atoms with E-state index in [0.29, 0.717) is 11.3 Å². The van der Waals surface area contributed by atoms with Crippen LogP contribution in [-0.2, 0) is 9.53 Å². The number of amides is 1. The van der Waals surface area contributed by atoms with Crippen molar-refractivity contribution in [1.82, 2.24) is 0 Å². The van der Waals surface area contributed by atoms with E-state index in [1.807, 2.05) is 25.1 Å². The number of anilines is 1. The highest BCUT2D eigenvalue weighted by Gasteiger charge is 2.20. The summed E-state index contributed by atoms with van der Waals surface area (Å²) < 4.78 is 5.03. The van der Waals surface area contributed by atoms with Crippen LogP contribution in [0.5, 0.6) is 0 Å². The predicted octanol–water partition coefficient (Wildman–Crippen LogP) is 3.32. The van der Waals surface area contributed by atoms with Gasteiger partial charge >= 0.3 is 5.97 Å². The number of ether oxygens (including phenoxy) is 1. The first-order chi connectivity index (χ1) is 13.3. The molecule has 0 aliphatic rings. The zero-order chi connectivity index (χ0) is 20.7. The second-order valence-electron chi connectivity index (χ2n) is 6.12. The minimum atomic E-state index is -0.833. The van der Waals surface area contributed by atoms with Gasteiger partial charge in [-0.2, -0.15) is 5.26 Å². The first kappa shape index (κ1) is 20.6. The lowest BCUT2D eigenvalue weighted by atomic mass is 10.1. The molecule has 8 heteroatoms. The number of hydrogen-bond acceptors (Lipinski definition) is 6. The minimum absolute atomic E-state index is 0.0102. The van der Waals surface area contributed by atoms with Gasteiger partial charge in [0.15, 0.2) is 6.61 Å². The molecule has 0 N–H and O–H groups in total. The van der Waals surface area contributed by atoms with E-state index >= 15 is 0 Å². The quantitative estimate of drug-likeness (QED) is 0.413. The zero-order valence-corrected chi connectivity index (χ0v) is 15.5. The molecule has 0 radical (unpaired) electrons. The number of nitro groups is 1. The maximum absolute atomic E-state index is 12.5. The van der Waals surface area contributed by atoms with Crippen LogP contribution >= 0.6 is 0 Å². The maximum atomic E-state index is 12.5. The number of esters is 1. The van der Waals surface area contributed by atoms with Gasteiger partial charge in [-0.05, 0) is 32.0 Å². The third-order valence-electron chi connectivity index (χ3n) is 4.06. The smallest absolute Gasteiger partial charge is 0.338 e. The Bertz CT molecular complexity index is 932. The van der Waals surface area contributed by atoms with Gasteiger partial charge in [0, 0.05) is 23.9 Å². The zero-order valence-electron chi connectivity index (χ0n) is 15.5. The second kappa shape index (κ2) is 9.28. The Hall–Kier alpha value is -3.73. The van der Waals surface area contributed by atoms with E-state index in [1.165, 1.54) is 17.0 Å². The molecular weight excluding hydrogens is 362 g/mol. The van der Waals surface area contributed by atoms with Crippen LogP contribution in [0.1, 0.15) is 27.9 Å². The van der Waals surface area contributed by atoms with E-state index in [2.05, 4.69) is 0 Å². The van der Waals surface area contributed by atoms with Crippen molar-refractivity contribution >= 4 is 23.3 Å². The molecule has 0 atom stereocenters. The molecule has 0 saturated heterocycles. The molecule has 0 aliphatic carbocycles. The summed E-state index contributed by atoms with van der Waals surface area (Å²) in [6.07, 6.45) is 0.123. The van der Waals surface area contributed by atoms with E-state index in [1.54, 1.807) is 19.1 Å². The first-order valence-corrected chi connectivity index (χ1v) is 8.49. The second-order valence-corrected chi connectivity index (χ2v) is 6.12. The van der Waals surface area contributed by atoms with Crippen molar-refractivity contribution in [3.8, 4) is 6.07 Å². The fraction of sp³-hybridized carbons (Fsp3) is 0.250. The van der Waals surface area contributed by atoms with Crippen LogP contribution in [0, 0.1) is 35.3 Å². The molecule has 8 nitrogen and oxygen atoms in total. The summed E-state index contributed by atoms with van der Waals surface area (Å²) in [5.74, 6) is -1.32. The predicted molar refractivity (Wildman–Crippen MR) is 102 cm³/mol. The maximum Gasteiger partial charge on any atom is 0.338 e. The van der Waals surface area contributed by atoms with Gasteiger partial charge in [-0.3, -0.25) is 14.9 Å². The van der Waals surface area contributed by atoms with Crippen molar-refractivity contribution < 1.29 is 19.2 Å². The highest BCUT2D eigenvalue weighted by Crippen LogP contribution is 2.20. The molecule has 0 heterocycles. The number of nitro benzene ring substituents is 1. The van der Waals surface area contributed by atoms with Crippen molar-refractivity contribution in [2.45, 2.75) is 20.3 Å². The van der Waals surface area contributed by atoms with Crippen LogP contribution in [0.25, 0.3) is 0 Å². The van der Waals surface area contributed by atoms with Crippen molar-refractivity contribution in [1.29, 1.82) is 5.26 Å². The Balaban J connectivity index is 2.10. The number of rotatable bonds is 7. The average Bonchev–Trinajstić information content (AvgIpc) is 2.67. The Kier molecular flexibility index (Phi) is 6.82. The van der Waals surface area contributed by atoms with Gasteiger partial charge in [-0.1, -0.05) is 23.8 Å². The molecule has 2 aromatic carbocycles. The van der Waals surface area contributed by atoms with Gasteiger partial charge in [-0.15, -0.1) is 0 Å². The summed E-state index contributed by atoms with van der Waals surface area (Å²) in [6, 6.07) is 13.1. The average molecular weight is 381 g/mol. The number of carbonyl (C=O) groups is 2. The SMILES string of the molecule is Cc1ccc(N(CCC#N)C(=O)COC(=O)c2ccc(C)c([N+](=O)[O-])c2)cc1. The van der Waals surface area contributed by atoms with Crippen molar-refractivity contribution in [3.63, 3.8) is 0 Å². The monoisotopic (exact) mass is 381 g/mol. The topological polar surface area (TPSA) is 114 Å². The molecule has 1 amide bonds. The van der Waals surface area contributed by atoms with Gasteiger partial charge in [0.05, 0.1) is 23.0 Å². The molecule has 0 saturated carbocycles. The number of nitrogens with zero attached hydrogens (tertiary/aromatic N) is 3. The summed E-state index contributed by atoms with van der Waals surface area (Å²) >= 11 is 0. The van der Waals surface area contributed by atoms with Gasteiger partial charge < -0.3 is 9.64 Å². The Morgan fingerprint density at radius 1 is 1.18 bits per heavy atom. The molecule has 2 rings (SSSR count). The minimum Gasteiger partial charge on any atom is -0.452 e. The van der Waals surface area contributed by atoms with Crippen LogP contribution in [-0.4, -0.2) is 30.0 Å². The van der Waals surface area contributed by atoms with Gasteiger partial charge in [-0.25, -0.2) is 4.79 Å². The van der Waals surface area contributed by atoms with Gasteiger partial charge in [0.25, 0.3) is 11.6 Å². The van der Waals surface area contributed by atoms with E-state index in [0.717, 1.165) is 11.6 Å². The fourth-order valence-electron chi connectivity index (χ4n) is 2.51. The molecule has 2 aromatic rings. The highest BCUT2D eigenvalue weighted by atomic mass is 16.6. The normalized spacial score (nSPS) is 10.0. The van der Waals surface area contributed by atoms with Crippen LogP contribution in [0.2, 0.25) is 0 Å². The Labute approximate surface area is 162 Å². The third-order valence-corrected chi connectivity index (χ3v) is 4.06. The van der Waals surface area contributed by atoms with Crippen molar-refractivity contribution in [2.24, 2.45) is 0 Å². The van der Waals surface area contributed by atoms with Crippen LogP contribution in [0.3, 0.4) is 0 Å². The molecule has 0 fully saturated rings. The number of hydrogen-bond donors (Lipinski definition) is 0. The van der Waals surface area contributed by atoms with Gasteiger partial charge in [0.2, 0.25) is 0 Å². The molecule has 0 bridgehead atoms. The molecular formula is C20H19N3O5. The highest BCUT2D eigenvalue weighted by molar-refractivity contribution is 5.97. The van der Waals surface area contributed by atoms with Crippen LogP contribution in [0.4, 0.5) is 11.4 Å². The summed E-state index contributed by atoms with van der Waals surface area (Å²) in [5.41, 5.74) is 1.82. The Morgan fingerprint density at radius 3 is 2.46 bits per heavy atom. The molecule has 0 spiro atoms. The summed E-state index contributed by atoms with van der Waals surface area (Å²) in [4.78, 5) is 36.5. The number of aryl methyl sites for hydroxylation is 2.